The summed E-state index contributed by atoms with van der Waals surface area (Å²) in [6.45, 7) is 0.511. The minimum atomic E-state index is -1.00. The van der Waals surface area contributed by atoms with E-state index in [4.69, 9.17) is 10.2 Å². The van der Waals surface area contributed by atoms with E-state index in [1.165, 1.54) is 17.0 Å². The summed E-state index contributed by atoms with van der Waals surface area (Å²) in [5.74, 6) is -2.80. The van der Waals surface area contributed by atoms with Gasteiger partial charge in [-0.1, -0.05) is 12.1 Å². The van der Waals surface area contributed by atoms with Gasteiger partial charge >= 0.3 is 11.9 Å². The Labute approximate surface area is 109 Å². The minimum Gasteiger partial charge on any atom is -0.481 e. The molecule has 0 bridgehead atoms. The average molecular weight is 263 g/mol. The largest absolute Gasteiger partial charge is 0.481 e. The summed E-state index contributed by atoms with van der Waals surface area (Å²) in [7, 11) is 0. The Hall–Kier alpha value is -2.37. The van der Waals surface area contributed by atoms with Crippen LogP contribution in [0.1, 0.15) is 22.3 Å². The number of hydrogen-bond acceptors (Lipinski definition) is 3. The van der Waals surface area contributed by atoms with Gasteiger partial charge in [0.2, 0.25) is 5.91 Å². The predicted octanol–water partition coefficient (Wildman–Crippen LogP) is 0.818. The molecule has 2 rings (SSSR count). The van der Waals surface area contributed by atoms with Gasteiger partial charge in [-0.3, -0.25) is 9.59 Å². The first kappa shape index (κ1) is 13.1. The van der Waals surface area contributed by atoms with E-state index in [0.29, 0.717) is 6.54 Å². The second-order valence-electron chi connectivity index (χ2n) is 4.52. The van der Waals surface area contributed by atoms with Gasteiger partial charge < -0.3 is 15.1 Å². The van der Waals surface area contributed by atoms with Gasteiger partial charge in [-0.15, -0.1) is 0 Å². The fraction of sp³-hybridized carbons (Fsp3) is 0.308. The highest BCUT2D eigenvalue weighted by atomic mass is 16.4. The number of hydrogen-bond donors (Lipinski definition) is 2. The number of carbonyl (C=O) groups excluding carboxylic acids is 1. The molecule has 6 heteroatoms. The molecule has 2 N–H and O–H groups in total. The Balaban J connectivity index is 2.03. The summed E-state index contributed by atoms with van der Waals surface area (Å²) in [5, 5.41) is 17.6. The number of likely N-dealkylation sites (tertiary alicyclic amines) is 1. The van der Waals surface area contributed by atoms with Crippen LogP contribution in [0.2, 0.25) is 0 Å². The van der Waals surface area contributed by atoms with Crippen LogP contribution in [0, 0.1) is 5.92 Å². The Bertz CT molecular complexity index is 522. The van der Waals surface area contributed by atoms with Gasteiger partial charge in [-0.25, -0.2) is 4.79 Å². The van der Waals surface area contributed by atoms with E-state index in [2.05, 4.69) is 0 Å². The molecular formula is C13H13NO5. The van der Waals surface area contributed by atoms with E-state index in [1.54, 1.807) is 12.1 Å². The molecule has 1 aromatic carbocycles. The van der Waals surface area contributed by atoms with E-state index < -0.39 is 17.9 Å². The molecule has 0 saturated carbocycles. The second kappa shape index (κ2) is 5.09. The molecule has 0 radical (unpaired) electrons. The average Bonchev–Trinajstić information content (AvgIpc) is 2.72. The fourth-order valence-corrected chi connectivity index (χ4v) is 2.06. The van der Waals surface area contributed by atoms with Crippen LogP contribution in [-0.2, 0) is 16.1 Å². The number of nitrogens with zero attached hydrogens (tertiary/aromatic N) is 1. The molecular weight excluding hydrogens is 250 g/mol. The van der Waals surface area contributed by atoms with Crippen LogP contribution in [0.15, 0.2) is 24.3 Å². The molecule has 6 nitrogen and oxygen atoms in total. The minimum absolute atomic E-state index is 0.0303. The molecule has 1 aromatic rings. The molecule has 0 aliphatic carbocycles. The van der Waals surface area contributed by atoms with Gasteiger partial charge in [0.25, 0.3) is 0 Å². The Kier molecular flexibility index (Phi) is 3.50. The first-order chi connectivity index (χ1) is 8.97. The third kappa shape index (κ3) is 2.90. The van der Waals surface area contributed by atoms with Gasteiger partial charge in [0.1, 0.15) is 0 Å². The molecule has 1 amide bonds. The Morgan fingerprint density at radius 3 is 2.32 bits per heavy atom. The van der Waals surface area contributed by atoms with E-state index in [-0.39, 0.29) is 24.4 Å². The van der Waals surface area contributed by atoms with E-state index in [0.717, 1.165) is 5.56 Å². The van der Waals surface area contributed by atoms with Crippen LogP contribution in [0.5, 0.6) is 0 Å². The molecule has 1 aliphatic rings. The molecule has 1 saturated heterocycles. The maximum atomic E-state index is 11.6. The number of carboxylic acid groups (broad SMARTS) is 2. The third-order valence-electron chi connectivity index (χ3n) is 3.14. The molecule has 19 heavy (non-hydrogen) atoms. The highest BCUT2D eigenvalue weighted by molar-refractivity contribution is 5.87. The number of amides is 1. The maximum absolute atomic E-state index is 11.6. The zero-order valence-corrected chi connectivity index (χ0v) is 10.1. The summed E-state index contributed by atoms with van der Waals surface area (Å²) >= 11 is 0. The number of rotatable bonds is 4. The monoisotopic (exact) mass is 263 g/mol. The van der Waals surface area contributed by atoms with Crippen molar-refractivity contribution in [2.24, 2.45) is 5.92 Å². The fourth-order valence-electron chi connectivity index (χ4n) is 2.06. The quantitative estimate of drug-likeness (QED) is 0.838. The van der Waals surface area contributed by atoms with Crippen molar-refractivity contribution in [2.45, 2.75) is 13.0 Å². The third-order valence-corrected chi connectivity index (χ3v) is 3.14. The van der Waals surface area contributed by atoms with Gasteiger partial charge in [-0.2, -0.15) is 0 Å². The summed E-state index contributed by atoms with van der Waals surface area (Å²) in [4.78, 5) is 34.6. The van der Waals surface area contributed by atoms with Crippen molar-refractivity contribution < 1.29 is 24.6 Å². The van der Waals surface area contributed by atoms with Crippen molar-refractivity contribution in [1.82, 2.24) is 4.90 Å². The lowest BCUT2D eigenvalue weighted by atomic mass is 10.1. The lowest BCUT2D eigenvalue weighted by molar-refractivity contribution is -0.141. The molecule has 1 fully saturated rings. The molecule has 1 unspecified atom stereocenters. The van der Waals surface area contributed by atoms with Crippen LogP contribution in [-0.4, -0.2) is 39.5 Å². The molecule has 1 atom stereocenters. The number of aliphatic carboxylic acids is 1. The molecule has 0 spiro atoms. The molecule has 1 aliphatic heterocycles. The highest BCUT2D eigenvalue weighted by Crippen LogP contribution is 2.20. The van der Waals surface area contributed by atoms with E-state index >= 15 is 0 Å². The Morgan fingerprint density at radius 2 is 1.84 bits per heavy atom. The van der Waals surface area contributed by atoms with Gasteiger partial charge in [0.15, 0.2) is 0 Å². The smallest absolute Gasteiger partial charge is 0.335 e. The van der Waals surface area contributed by atoms with Crippen molar-refractivity contribution in [1.29, 1.82) is 0 Å². The number of carboxylic acids is 2. The summed E-state index contributed by atoms with van der Waals surface area (Å²) in [5.41, 5.74) is 0.962. The van der Waals surface area contributed by atoms with Crippen molar-refractivity contribution in [2.75, 3.05) is 6.54 Å². The van der Waals surface area contributed by atoms with Crippen molar-refractivity contribution in [3.63, 3.8) is 0 Å². The first-order valence-electron chi connectivity index (χ1n) is 5.80. The van der Waals surface area contributed by atoms with Crippen molar-refractivity contribution in [3.05, 3.63) is 35.4 Å². The zero-order chi connectivity index (χ0) is 14.0. The lowest BCUT2D eigenvalue weighted by Crippen LogP contribution is -2.25. The van der Waals surface area contributed by atoms with E-state index in [9.17, 15) is 14.4 Å². The van der Waals surface area contributed by atoms with Gasteiger partial charge in [0, 0.05) is 19.5 Å². The van der Waals surface area contributed by atoms with Crippen LogP contribution in [0.3, 0.4) is 0 Å². The SMILES string of the molecule is O=C(O)c1ccc(CN2CC(C(=O)O)CC2=O)cc1. The standard InChI is InChI=1S/C13H13NO5/c15-11-5-10(13(18)19)7-14(11)6-8-1-3-9(4-2-8)12(16)17/h1-4,10H,5-7H2,(H,16,17)(H,18,19). The van der Waals surface area contributed by atoms with Gasteiger partial charge in [-0.05, 0) is 17.7 Å². The number of carbonyl (C=O) groups is 3. The van der Waals surface area contributed by atoms with Crippen LogP contribution < -0.4 is 0 Å². The van der Waals surface area contributed by atoms with E-state index in [1.807, 2.05) is 0 Å². The van der Waals surface area contributed by atoms with Gasteiger partial charge in [0.05, 0.1) is 11.5 Å². The normalized spacial score (nSPS) is 18.6. The van der Waals surface area contributed by atoms with Crippen LogP contribution in [0.25, 0.3) is 0 Å². The van der Waals surface area contributed by atoms with Crippen LogP contribution in [0.4, 0.5) is 0 Å². The summed E-state index contributed by atoms with van der Waals surface area (Å²) < 4.78 is 0. The van der Waals surface area contributed by atoms with Crippen LogP contribution >= 0.6 is 0 Å². The van der Waals surface area contributed by atoms with Crippen molar-refractivity contribution >= 4 is 17.8 Å². The predicted molar refractivity (Wildman–Crippen MR) is 64.6 cm³/mol. The maximum Gasteiger partial charge on any atom is 0.335 e. The zero-order valence-electron chi connectivity index (χ0n) is 10.1. The molecule has 100 valence electrons. The topological polar surface area (TPSA) is 94.9 Å². The molecule has 1 heterocycles. The molecule has 0 aromatic heterocycles. The first-order valence-corrected chi connectivity index (χ1v) is 5.80. The number of benzene rings is 1. The summed E-state index contributed by atoms with van der Waals surface area (Å²) in [6, 6.07) is 6.19. The van der Waals surface area contributed by atoms with Crippen molar-refractivity contribution in [3.8, 4) is 0 Å². The highest BCUT2D eigenvalue weighted by Gasteiger charge is 2.33. The lowest BCUT2D eigenvalue weighted by Gasteiger charge is -2.16. The number of aromatic carboxylic acids is 1. The second-order valence-corrected chi connectivity index (χ2v) is 4.52. The Morgan fingerprint density at radius 1 is 1.21 bits per heavy atom. The summed E-state index contributed by atoms with van der Waals surface area (Å²) in [6.07, 6.45) is 0.0303.